The highest BCUT2D eigenvalue weighted by atomic mass is 32.2. The maximum Gasteiger partial charge on any atom is 0.266 e. The van der Waals surface area contributed by atoms with E-state index in [0.717, 1.165) is 28.7 Å². The minimum atomic E-state index is -0.236. The minimum absolute atomic E-state index is 0.0455. The molecule has 2 saturated heterocycles. The molecular weight excluding hydrogens is 428 g/mol. The van der Waals surface area contributed by atoms with Crippen LogP contribution in [0, 0.1) is 5.92 Å². The third-order valence-corrected chi connectivity index (χ3v) is 7.40. The third kappa shape index (κ3) is 4.32. The summed E-state index contributed by atoms with van der Waals surface area (Å²) in [6, 6.07) is 10.1. The first-order valence-corrected chi connectivity index (χ1v) is 11.8. The predicted molar refractivity (Wildman–Crippen MR) is 131 cm³/mol. The van der Waals surface area contributed by atoms with Crippen LogP contribution in [0.3, 0.4) is 0 Å². The van der Waals surface area contributed by atoms with Crippen LogP contribution in [-0.4, -0.2) is 45.2 Å². The van der Waals surface area contributed by atoms with Crippen LogP contribution in [-0.2, 0) is 9.59 Å². The number of para-hydroxylation sites is 1. The number of thioether (sulfide) groups is 1. The molecule has 1 unspecified atom stereocenters. The van der Waals surface area contributed by atoms with Crippen molar-refractivity contribution in [2.24, 2.45) is 11.7 Å². The zero-order valence-corrected chi connectivity index (χ0v) is 19.3. The topological polar surface area (TPSA) is 79.5 Å². The molecule has 2 N–H and O–H groups in total. The number of nitrogens with zero attached hydrogens (tertiary/aromatic N) is 3. The number of hydrogen-bond acceptors (Lipinski definition) is 6. The maximum atomic E-state index is 13.1. The van der Waals surface area contributed by atoms with Crippen molar-refractivity contribution in [3.8, 4) is 0 Å². The van der Waals surface area contributed by atoms with Crippen LogP contribution < -0.4 is 10.6 Å². The molecule has 2 amide bonds. The maximum absolute atomic E-state index is 13.1. The number of pyridine rings is 1. The lowest BCUT2D eigenvalue weighted by molar-refractivity contribution is -0.123. The van der Waals surface area contributed by atoms with Gasteiger partial charge in [0.1, 0.15) is 10.1 Å². The Labute approximate surface area is 191 Å². The smallest absolute Gasteiger partial charge is 0.266 e. The summed E-state index contributed by atoms with van der Waals surface area (Å²) in [6.07, 6.45) is 4.17. The van der Waals surface area contributed by atoms with E-state index in [-0.39, 0.29) is 23.8 Å². The Morgan fingerprint density at radius 3 is 2.74 bits per heavy atom. The molecule has 0 bridgehead atoms. The van der Waals surface area contributed by atoms with Crippen molar-refractivity contribution in [2.45, 2.75) is 39.2 Å². The lowest BCUT2D eigenvalue weighted by Gasteiger charge is -2.32. The van der Waals surface area contributed by atoms with Gasteiger partial charge in [-0.25, -0.2) is 4.98 Å². The van der Waals surface area contributed by atoms with Crippen molar-refractivity contribution < 1.29 is 9.59 Å². The molecule has 2 aromatic rings. The molecule has 0 radical (unpaired) electrons. The van der Waals surface area contributed by atoms with Gasteiger partial charge in [0.2, 0.25) is 5.91 Å². The largest absolute Gasteiger partial charge is 0.369 e. The summed E-state index contributed by atoms with van der Waals surface area (Å²) >= 11 is 6.83. The van der Waals surface area contributed by atoms with Crippen LogP contribution in [0.1, 0.15) is 38.7 Å². The number of piperidine rings is 1. The summed E-state index contributed by atoms with van der Waals surface area (Å²) in [6.45, 7) is 5.47. The summed E-state index contributed by atoms with van der Waals surface area (Å²) in [5.41, 5.74) is 7.29. The van der Waals surface area contributed by atoms with Gasteiger partial charge >= 0.3 is 0 Å². The van der Waals surface area contributed by atoms with Gasteiger partial charge < -0.3 is 10.6 Å². The van der Waals surface area contributed by atoms with Gasteiger partial charge in [-0.3, -0.25) is 14.5 Å². The highest BCUT2D eigenvalue weighted by Crippen LogP contribution is 2.37. The van der Waals surface area contributed by atoms with E-state index in [2.05, 4.69) is 11.0 Å². The molecular formula is C23H26N4O2S2. The Morgan fingerprint density at radius 1 is 1.35 bits per heavy atom. The molecule has 1 atom stereocenters. The zero-order valence-electron chi connectivity index (χ0n) is 17.7. The number of aromatic nitrogens is 1. The molecule has 2 fully saturated rings. The average Bonchev–Trinajstić information content (AvgIpc) is 3.05. The average molecular weight is 455 g/mol. The summed E-state index contributed by atoms with van der Waals surface area (Å²) in [4.78, 5) is 34.1. The molecule has 0 aliphatic carbocycles. The van der Waals surface area contributed by atoms with Gasteiger partial charge in [0.15, 0.2) is 0 Å². The van der Waals surface area contributed by atoms with Crippen LogP contribution in [0.15, 0.2) is 35.2 Å². The van der Waals surface area contributed by atoms with Crippen LogP contribution in [0.2, 0.25) is 0 Å². The fourth-order valence-electron chi connectivity index (χ4n) is 4.04. The van der Waals surface area contributed by atoms with Crippen molar-refractivity contribution in [1.29, 1.82) is 0 Å². The van der Waals surface area contributed by atoms with Crippen molar-refractivity contribution in [1.82, 2.24) is 9.88 Å². The standard InChI is InChI=1S/C23H26N4O2S2/c1-3-14(2)27-22(29)19(31-23(27)30)13-17-12-16-6-4-5-7-18(16)25-21(17)26-10-8-15(9-11-26)20(24)28/h4-7,12-15H,3,8-11H2,1-2H3,(H2,24,28)/b19-13-. The number of amides is 2. The monoisotopic (exact) mass is 454 g/mol. The summed E-state index contributed by atoms with van der Waals surface area (Å²) in [7, 11) is 0. The predicted octanol–water partition coefficient (Wildman–Crippen LogP) is 3.94. The Kier molecular flexibility index (Phi) is 6.29. The van der Waals surface area contributed by atoms with Crippen LogP contribution in [0.25, 0.3) is 17.0 Å². The van der Waals surface area contributed by atoms with Crippen molar-refractivity contribution >= 4 is 62.9 Å². The second-order valence-corrected chi connectivity index (χ2v) is 9.74. The fourth-order valence-corrected chi connectivity index (χ4v) is 5.49. The fraction of sp³-hybridized carbons (Fsp3) is 0.391. The van der Waals surface area contributed by atoms with E-state index >= 15 is 0 Å². The zero-order chi connectivity index (χ0) is 22.1. The highest BCUT2D eigenvalue weighted by molar-refractivity contribution is 8.26. The van der Waals surface area contributed by atoms with Gasteiger partial charge in [0.05, 0.1) is 10.4 Å². The number of fused-ring (bicyclic) bond motifs is 1. The second kappa shape index (κ2) is 8.96. The van der Waals surface area contributed by atoms with Gasteiger partial charge in [0, 0.05) is 36.0 Å². The Hall–Kier alpha value is -2.45. The Bertz CT molecular complexity index is 1080. The van der Waals surface area contributed by atoms with Crippen LogP contribution >= 0.6 is 24.0 Å². The van der Waals surface area contributed by atoms with E-state index in [1.807, 2.05) is 44.2 Å². The second-order valence-electron chi connectivity index (χ2n) is 8.07. The van der Waals surface area contributed by atoms with E-state index in [9.17, 15) is 9.59 Å². The number of carbonyl (C=O) groups excluding carboxylic acids is 2. The molecule has 0 saturated carbocycles. The number of thiocarbonyl (C=S) groups is 1. The number of hydrogen-bond donors (Lipinski definition) is 1. The van der Waals surface area contributed by atoms with Crippen molar-refractivity contribution in [3.05, 3.63) is 40.8 Å². The number of rotatable bonds is 5. The number of anilines is 1. The Balaban J connectivity index is 1.72. The lowest BCUT2D eigenvalue weighted by atomic mass is 9.96. The number of carbonyl (C=O) groups is 2. The highest BCUT2D eigenvalue weighted by Gasteiger charge is 2.35. The number of benzene rings is 1. The van der Waals surface area contributed by atoms with Gasteiger partial charge in [-0.2, -0.15) is 0 Å². The molecule has 1 aromatic heterocycles. The van der Waals surface area contributed by atoms with Crippen LogP contribution in [0.5, 0.6) is 0 Å². The molecule has 6 nitrogen and oxygen atoms in total. The lowest BCUT2D eigenvalue weighted by Crippen LogP contribution is -2.39. The first kappa shape index (κ1) is 21.8. The Morgan fingerprint density at radius 2 is 2.06 bits per heavy atom. The molecule has 2 aliphatic rings. The molecule has 0 spiro atoms. The molecule has 8 heteroatoms. The summed E-state index contributed by atoms with van der Waals surface area (Å²) < 4.78 is 0.600. The summed E-state index contributed by atoms with van der Waals surface area (Å²) in [5, 5.41) is 1.02. The van der Waals surface area contributed by atoms with Gasteiger partial charge in [0.25, 0.3) is 5.91 Å². The molecule has 3 heterocycles. The van der Waals surface area contributed by atoms with E-state index < -0.39 is 0 Å². The first-order valence-electron chi connectivity index (χ1n) is 10.6. The molecule has 162 valence electrons. The van der Waals surface area contributed by atoms with Gasteiger partial charge in [-0.1, -0.05) is 49.1 Å². The van der Waals surface area contributed by atoms with Crippen LogP contribution in [0.4, 0.5) is 5.82 Å². The van der Waals surface area contributed by atoms with E-state index in [1.165, 1.54) is 11.8 Å². The number of nitrogens with two attached hydrogens (primary N) is 1. The summed E-state index contributed by atoms with van der Waals surface area (Å²) in [5.74, 6) is 0.457. The minimum Gasteiger partial charge on any atom is -0.369 e. The molecule has 4 rings (SSSR count). The first-order chi connectivity index (χ1) is 14.9. The van der Waals surface area contributed by atoms with Gasteiger partial charge in [-0.05, 0) is 44.4 Å². The van der Waals surface area contributed by atoms with E-state index in [0.29, 0.717) is 35.2 Å². The molecule has 2 aliphatic heterocycles. The number of primary amides is 1. The normalized spacial score (nSPS) is 20.1. The quantitative estimate of drug-likeness (QED) is 0.545. The SMILES string of the molecule is CCC(C)N1C(=O)/C(=C/c2cc3ccccc3nc2N2CCC(C(N)=O)CC2)SC1=S. The van der Waals surface area contributed by atoms with E-state index in [1.54, 1.807) is 4.90 Å². The van der Waals surface area contributed by atoms with Gasteiger partial charge in [-0.15, -0.1) is 0 Å². The van der Waals surface area contributed by atoms with Crippen molar-refractivity contribution in [3.63, 3.8) is 0 Å². The molecule has 1 aromatic carbocycles. The third-order valence-electron chi connectivity index (χ3n) is 6.07. The molecule has 31 heavy (non-hydrogen) atoms. The van der Waals surface area contributed by atoms with Crippen molar-refractivity contribution in [2.75, 3.05) is 18.0 Å². The van der Waals surface area contributed by atoms with E-state index in [4.69, 9.17) is 22.9 Å².